The molecule has 2 atom stereocenters. The van der Waals surface area contributed by atoms with Crippen LogP contribution in [0.5, 0.6) is 0 Å². The molecule has 0 saturated heterocycles. The smallest absolute Gasteiger partial charge is 0.210 e. The third kappa shape index (κ3) is 2.67. The van der Waals surface area contributed by atoms with Gasteiger partial charge >= 0.3 is 0 Å². The number of aryl methyl sites for hydroxylation is 2. The van der Waals surface area contributed by atoms with Crippen LogP contribution < -0.4 is 5.43 Å². The van der Waals surface area contributed by atoms with Gasteiger partial charge in [-0.2, -0.15) is 0 Å². The maximum absolute atomic E-state index is 4.40. The van der Waals surface area contributed by atoms with Crippen LogP contribution in [0.2, 0.25) is 0 Å². The lowest BCUT2D eigenvalue weighted by molar-refractivity contribution is 0.428. The minimum absolute atomic E-state index is 0.586. The van der Waals surface area contributed by atoms with E-state index in [1.54, 1.807) is 0 Å². The van der Waals surface area contributed by atoms with Gasteiger partial charge in [0.25, 0.3) is 0 Å². The highest BCUT2D eigenvalue weighted by atomic mass is 32.2. The predicted octanol–water partition coefficient (Wildman–Crippen LogP) is 3.02. The second-order valence-corrected chi connectivity index (χ2v) is 7.10. The molecule has 1 aliphatic heterocycles. The SMILES string of the molecule is c1ccc(CCc2nnc3n2NC2CCCCC2S3)cc1. The maximum Gasteiger partial charge on any atom is 0.210 e. The summed E-state index contributed by atoms with van der Waals surface area (Å²) in [6, 6.07) is 11.2. The summed E-state index contributed by atoms with van der Waals surface area (Å²) in [5.74, 6) is 1.06. The van der Waals surface area contributed by atoms with Gasteiger partial charge in [0.15, 0.2) is 5.82 Å². The molecule has 2 unspecified atom stereocenters. The molecule has 2 aliphatic rings. The topological polar surface area (TPSA) is 42.7 Å². The van der Waals surface area contributed by atoms with Crippen molar-refractivity contribution < 1.29 is 0 Å². The van der Waals surface area contributed by atoms with Gasteiger partial charge in [-0.15, -0.1) is 10.2 Å². The molecule has 1 fully saturated rings. The number of thioether (sulfide) groups is 1. The van der Waals surface area contributed by atoms with E-state index in [9.17, 15) is 0 Å². The molecule has 2 heterocycles. The lowest BCUT2D eigenvalue weighted by Gasteiger charge is -2.36. The van der Waals surface area contributed by atoms with Crippen LogP contribution in [-0.4, -0.2) is 26.2 Å². The zero-order chi connectivity index (χ0) is 14.1. The average Bonchev–Trinajstić information content (AvgIpc) is 2.94. The van der Waals surface area contributed by atoms with Crippen molar-refractivity contribution in [1.82, 2.24) is 14.9 Å². The molecule has 4 rings (SSSR count). The maximum atomic E-state index is 4.40. The van der Waals surface area contributed by atoms with Crippen molar-refractivity contribution in [2.45, 2.75) is 55.0 Å². The van der Waals surface area contributed by atoms with E-state index in [1.807, 2.05) is 11.8 Å². The van der Waals surface area contributed by atoms with Crippen molar-refractivity contribution in [2.75, 3.05) is 5.43 Å². The third-order valence-electron chi connectivity index (χ3n) is 4.43. The molecule has 0 spiro atoms. The Morgan fingerprint density at radius 1 is 1.10 bits per heavy atom. The summed E-state index contributed by atoms with van der Waals surface area (Å²) in [5.41, 5.74) is 5.01. The van der Waals surface area contributed by atoms with Gasteiger partial charge in [0.2, 0.25) is 5.16 Å². The van der Waals surface area contributed by atoms with E-state index in [0.29, 0.717) is 11.3 Å². The Hall–Kier alpha value is -1.49. The van der Waals surface area contributed by atoms with E-state index in [-0.39, 0.29) is 0 Å². The van der Waals surface area contributed by atoms with Crippen molar-refractivity contribution >= 4 is 11.8 Å². The number of fused-ring (bicyclic) bond motifs is 2. The average molecular weight is 300 g/mol. The first-order valence-electron chi connectivity index (χ1n) is 7.81. The number of aromatic nitrogens is 3. The Balaban J connectivity index is 1.49. The Morgan fingerprint density at radius 2 is 1.95 bits per heavy atom. The minimum Gasteiger partial charge on any atom is -0.318 e. The van der Waals surface area contributed by atoms with Crippen molar-refractivity contribution in [3.05, 3.63) is 41.7 Å². The molecule has 1 aromatic carbocycles. The van der Waals surface area contributed by atoms with Crippen LogP contribution in [0.1, 0.15) is 37.1 Å². The number of benzene rings is 1. The van der Waals surface area contributed by atoms with Crippen molar-refractivity contribution in [3.63, 3.8) is 0 Å². The summed E-state index contributed by atoms with van der Waals surface area (Å²) in [4.78, 5) is 0. The van der Waals surface area contributed by atoms with Crippen LogP contribution in [0.15, 0.2) is 35.5 Å². The molecule has 2 aromatic rings. The number of nitrogens with one attached hydrogen (secondary N) is 1. The number of hydrogen-bond donors (Lipinski definition) is 1. The molecule has 21 heavy (non-hydrogen) atoms. The Kier molecular flexibility index (Phi) is 3.59. The summed E-state index contributed by atoms with van der Waals surface area (Å²) >= 11 is 1.91. The zero-order valence-electron chi connectivity index (χ0n) is 12.0. The molecule has 4 nitrogen and oxygen atoms in total. The first kappa shape index (κ1) is 13.2. The van der Waals surface area contributed by atoms with E-state index in [0.717, 1.165) is 23.8 Å². The van der Waals surface area contributed by atoms with Crippen LogP contribution >= 0.6 is 11.8 Å². The molecule has 1 N–H and O–H groups in total. The Labute approximate surface area is 129 Å². The summed E-state index contributed by atoms with van der Waals surface area (Å²) < 4.78 is 2.14. The summed E-state index contributed by atoms with van der Waals surface area (Å²) in [5, 5.41) is 10.5. The van der Waals surface area contributed by atoms with Gasteiger partial charge in [-0.05, 0) is 24.8 Å². The molecule has 5 heteroatoms. The molecule has 1 aliphatic carbocycles. The number of hydrogen-bond acceptors (Lipinski definition) is 4. The van der Waals surface area contributed by atoms with Gasteiger partial charge in [-0.3, -0.25) is 0 Å². The van der Waals surface area contributed by atoms with E-state index in [2.05, 4.69) is 50.6 Å². The second kappa shape index (κ2) is 5.72. The lowest BCUT2D eigenvalue weighted by atomic mass is 9.95. The highest BCUT2D eigenvalue weighted by Gasteiger charge is 2.33. The van der Waals surface area contributed by atoms with E-state index >= 15 is 0 Å². The highest BCUT2D eigenvalue weighted by Crippen LogP contribution is 2.37. The highest BCUT2D eigenvalue weighted by molar-refractivity contribution is 7.99. The van der Waals surface area contributed by atoms with E-state index in [4.69, 9.17) is 0 Å². The van der Waals surface area contributed by atoms with Crippen LogP contribution in [-0.2, 0) is 12.8 Å². The third-order valence-corrected chi connectivity index (χ3v) is 5.78. The number of rotatable bonds is 3. The van der Waals surface area contributed by atoms with Gasteiger partial charge in [-0.1, -0.05) is 54.9 Å². The van der Waals surface area contributed by atoms with Crippen molar-refractivity contribution in [2.24, 2.45) is 0 Å². The van der Waals surface area contributed by atoms with Crippen LogP contribution in [0.4, 0.5) is 0 Å². The summed E-state index contributed by atoms with van der Waals surface area (Å²) in [7, 11) is 0. The first-order valence-corrected chi connectivity index (χ1v) is 8.69. The fourth-order valence-corrected chi connectivity index (χ4v) is 4.52. The molecular formula is C16H20N4S. The van der Waals surface area contributed by atoms with Crippen molar-refractivity contribution in [3.8, 4) is 0 Å². The predicted molar refractivity (Wildman–Crippen MR) is 85.1 cm³/mol. The lowest BCUT2D eigenvalue weighted by Crippen LogP contribution is -2.43. The standard InChI is InChI=1S/C16H20N4S/c1-2-6-12(7-3-1)10-11-15-17-18-16-20(15)19-13-8-4-5-9-14(13)21-16/h1-3,6-7,13-14,19H,4-5,8-11H2. The molecule has 1 saturated carbocycles. The summed E-state index contributed by atoms with van der Waals surface area (Å²) in [6.45, 7) is 0. The van der Waals surface area contributed by atoms with Crippen LogP contribution in [0.25, 0.3) is 0 Å². The van der Waals surface area contributed by atoms with Gasteiger partial charge in [0, 0.05) is 11.7 Å². The van der Waals surface area contributed by atoms with Gasteiger partial charge < -0.3 is 5.43 Å². The fraction of sp³-hybridized carbons (Fsp3) is 0.500. The minimum atomic E-state index is 0.586. The van der Waals surface area contributed by atoms with Gasteiger partial charge in [0.1, 0.15) is 0 Å². The number of nitrogens with zero attached hydrogens (tertiary/aromatic N) is 3. The normalized spacial score (nSPS) is 24.0. The zero-order valence-corrected chi connectivity index (χ0v) is 12.9. The van der Waals surface area contributed by atoms with Gasteiger partial charge in [0.05, 0.1) is 6.04 Å². The van der Waals surface area contributed by atoms with Crippen molar-refractivity contribution in [1.29, 1.82) is 0 Å². The quantitative estimate of drug-likeness (QED) is 0.946. The van der Waals surface area contributed by atoms with Crippen LogP contribution in [0.3, 0.4) is 0 Å². The molecule has 1 aromatic heterocycles. The molecule has 0 amide bonds. The molecule has 0 radical (unpaired) electrons. The first-order chi connectivity index (χ1) is 10.4. The fourth-order valence-electron chi connectivity index (χ4n) is 3.26. The van der Waals surface area contributed by atoms with E-state index in [1.165, 1.54) is 31.2 Å². The molecular weight excluding hydrogens is 280 g/mol. The monoisotopic (exact) mass is 300 g/mol. The summed E-state index contributed by atoms with van der Waals surface area (Å²) in [6.07, 6.45) is 7.21. The largest absolute Gasteiger partial charge is 0.318 e. The second-order valence-electron chi connectivity index (χ2n) is 5.90. The molecule has 0 bridgehead atoms. The van der Waals surface area contributed by atoms with Gasteiger partial charge in [-0.25, -0.2) is 4.68 Å². The molecule has 110 valence electrons. The van der Waals surface area contributed by atoms with E-state index < -0.39 is 0 Å². The van der Waals surface area contributed by atoms with Crippen LogP contribution in [0, 0.1) is 0 Å². The Bertz CT molecular complexity index is 610. The Morgan fingerprint density at radius 3 is 2.86 bits per heavy atom.